The second-order valence-electron chi connectivity index (χ2n) is 3.62. The zero-order chi connectivity index (χ0) is 10.7. The molecule has 1 aliphatic rings. The summed E-state index contributed by atoms with van der Waals surface area (Å²) >= 11 is 3.54. The Kier molecular flexibility index (Phi) is 3.30. The molecule has 5 heteroatoms. The molecule has 2 heterocycles. The van der Waals surface area contributed by atoms with Gasteiger partial charge in [-0.15, -0.1) is 0 Å². The number of alkyl halides is 1. The van der Waals surface area contributed by atoms with Gasteiger partial charge in [0.05, 0.1) is 5.56 Å². The molecule has 1 unspecified atom stereocenters. The number of hydrogen-bond acceptors (Lipinski definition) is 3. The molecule has 1 aromatic heterocycles. The number of carbonyl (C=O) groups is 1. The summed E-state index contributed by atoms with van der Waals surface area (Å²) in [4.78, 5) is 21.9. The zero-order valence-electron chi connectivity index (χ0n) is 8.27. The monoisotopic (exact) mass is 269 g/mol. The fraction of sp³-hybridized carbons (Fsp3) is 0.500. The SMILES string of the molecule is O=C(c1cncnc1)N1CCCC(Br)C1. The van der Waals surface area contributed by atoms with E-state index < -0.39 is 0 Å². The second-order valence-corrected chi connectivity index (χ2v) is 4.91. The molecule has 1 aliphatic heterocycles. The Morgan fingerprint density at radius 1 is 1.47 bits per heavy atom. The van der Waals surface area contributed by atoms with E-state index in [1.807, 2.05) is 4.90 Å². The molecule has 1 saturated heterocycles. The van der Waals surface area contributed by atoms with E-state index in [4.69, 9.17) is 0 Å². The van der Waals surface area contributed by atoms with Crippen LogP contribution in [0.4, 0.5) is 0 Å². The van der Waals surface area contributed by atoms with E-state index in [0.717, 1.165) is 25.9 Å². The molecule has 4 nitrogen and oxygen atoms in total. The van der Waals surface area contributed by atoms with Gasteiger partial charge in [0.1, 0.15) is 6.33 Å². The van der Waals surface area contributed by atoms with Gasteiger partial charge in [0, 0.05) is 30.3 Å². The fourth-order valence-electron chi connectivity index (χ4n) is 1.70. The van der Waals surface area contributed by atoms with Crippen LogP contribution in [0.1, 0.15) is 23.2 Å². The third-order valence-electron chi connectivity index (χ3n) is 2.46. The molecule has 0 aliphatic carbocycles. The smallest absolute Gasteiger partial charge is 0.257 e. The molecule has 0 bridgehead atoms. The number of hydrogen-bond donors (Lipinski definition) is 0. The number of rotatable bonds is 1. The van der Waals surface area contributed by atoms with Crippen LogP contribution in [0.5, 0.6) is 0 Å². The lowest BCUT2D eigenvalue weighted by Crippen LogP contribution is -2.40. The van der Waals surface area contributed by atoms with Gasteiger partial charge in [0.15, 0.2) is 0 Å². The van der Waals surface area contributed by atoms with E-state index in [-0.39, 0.29) is 5.91 Å². The molecule has 1 fully saturated rings. The van der Waals surface area contributed by atoms with Gasteiger partial charge < -0.3 is 4.90 Å². The van der Waals surface area contributed by atoms with Gasteiger partial charge in [-0.05, 0) is 12.8 Å². The van der Waals surface area contributed by atoms with Crippen molar-refractivity contribution in [3.63, 3.8) is 0 Å². The number of likely N-dealkylation sites (tertiary alicyclic amines) is 1. The van der Waals surface area contributed by atoms with Crippen LogP contribution in [0.3, 0.4) is 0 Å². The zero-order valence-corrected chi connectivity index (χ0v) is 9.85. The molecule has 0 radical (unpaired) electrons. The summed E-state index contributed by atoms with van der Waals surface area (Å²) in [6.45, 7) is 1.60. The summed E-state index contributed by atoms with van der Waals surface area (Å²) in [5, 5.41) is 0. The molecule has 0 spiro atoms. The predicted octanol–water partition coefficient (Wildman–Crippen LogP) is 1.48. The Morgan fingerprint density at radius 2 is 2.20 bits per heavy atom. The summed E-state index contributed by atoms with van der Waals surface area (Å²) in [6, 6.07) is 0. The quantitative estimate of drug-likeness (QED) is 0.726. The molecule has 1 amide bonds. The number of aromatic nitrogens is 2. The highest BCUT2D eigenvalue weighted by molar-refractivity contribution is 9.09. The lowest BCUT2D eigenvalue weighted by atomic mass is 10.1. The predicted molar refractivity (Wildman–Crippen MR) is 59.9 cm³/mol. The maximum Gasteiger partial charge on any atom is 0.257 e. The molecule has 0 N–H and O–H groups in total. The minimum Gasteiger partial charge on any atom is -0.337 e. The molecule has 1 atom stereocenters. The lowest BCUT2D eigenvalue weighted by Gasteiger charge is -2.29. The van der Waals surface area contributed by atoms with Crippen LogP contribution in [-0.4, -0.2) is 38.7 Å². The normalized spacial score (nSPS) is 21.4. The molecular weight excluding hydrogens is 258 g/mol. The fourth-order valence-corrected chi connectivity index (χ4v) is 2.38. The number of nitrogens with zero attached hydrogens (tertiary/aromatic N) is 3. The van der Waals surface area contributed by atoms with Crippen LogP contribution in [-0.2, 0) is 0 Å². The van der Waals surface area contributed by atoms with E-state index >= 15 is 0 Å². The summed E-state index contributed by atoms with van der Waals surface area (Å²) in [5.41, 5.74) is 0.569. The van der Waals surface area contributed by atoms with Crippen molar-refractivity contribution in [1.29, 1.82) is 0 Å². The first-order chi connectivity index (χ1) is 7.27. The molecule has 1 aromatic rings. The maximum absolute atomic E-state index is 12.0. The average molecular weight is 270 g/mol. The van der Waals surface area contributed by atoms with Crippen molar-refractivity contribution < 1.29 is 4.79 Å². The first-order valence-electron chi connectivity index (χ1n) is 4.96. The van der Waals surface area contributed by atoms with E-state index in [2.05, 4.69) is 25.9 Å². The minimum absolute atomic E-state index is 0.0275. The number of halogens is 1. The van der Waals surface area contributed by atoms with Gasteiger partial charge in [-0.2, -0.15) is 0 Å². The van der Waals surface area contributed by atoms with E-state index in [0.29, 0.717) is 10.4 Å². The maximum atomic E-state index is 12.0. The summed E-state index contributed by atoms with van der Waals surface area (Å²) < 4.78 is 0. The van der Waals surface area contributed by atoms with Crippen molar-refractivity contribution >= 4 is 21.8 Å². The first kappa shape index (κ1) is 10.5. The Bertz CT molecular complexity index is 344. The molecular formula is C10H12BrN3O. The van der Waals surface area contributed by atoms with Crippen molar-refractivity contribution in [2.45, 2.75) is 17.7 Å². The molecule has 2 rings (SSSR count). The second kappa shape index (κ2) is 4.70. The third kappa shape index (κ3) is 2.53. The Morgan fingerprint density at radius 3 is 2.87 bits per heavy atom. The minimum atomic E-state index is 0.0275. The third-order valence-corrected chi connectivity index (χ3v) is 3.21. The molecule has 0 aromatic carbocycles. The van der Waals surface area contributed by atoms with Gasteiger partial charge in [-0.3, -0.25) is 4.79 Å². The highest BCUT2D eigenvalue weighted by Crippen LogP contribution is 2.18. The van der Waals surface area contributed by atoms with Gasteiger partial charge in [-0.1, -0.05) is 15.9 Å². The van der Waals surface area contributed by atoms with Gasteiger partial charge >= 0.3 is 0 Å². The van der Waals surface area contributed by atoms with Crippen LogP contribution >= 0.6 is 15.9 Å². The van der Waals surface area contributed by atoms with Gasteiger partial charge in [0.25, 0.3) is 5.91 Å². The van der Waals surface area contributed by atoms with Crippen LogP contribution in [0.25, 0.3) is 0 Å². The van der Waals surface area contributed by atoms with Crippen molar-refractivity contribution in [3.8, 4) is 0 Å². The topological polar surface area (TPSA) is 46.1 Å². The Labute approximate surface area is 96.8 Å². The molecule has 15 heavy (non-hydrogen) atoms. The first-order valence-corrected chi connectivity index (χ1v) is 5.87. The van der Waals surface area contributed by atoms with E-state index in [1.54, 1.807) is 12.4 Å². The van der Waals surface area contributed by atoms with E-state index in [1.165, 1.54) is 6.33 Å². The van der Waals surface area contributed by atoms with Crippen LogP contribution in [0, 0.1) is 0 Å². The van der Waals surface area contributed by atoms with Crippen LogP contribution < -0.4 is 0 Å². The summed E-state index contributed by atoms with van der Waals surface area (Å²) in [7, 11) is 0. The average Bonchev–Trinajstić information content (AvgIpc) is 2.29. The van der Waals surface area contributed by atoms with Crippen molar-refractivity contribution in [1.82, 2.24) is 14.9 Å². The standard InChI is InChI=1S/C10H12BrN3O/c11-9-2-1-3-14(6-9)10(15)8-4-12-7-13-5-8/h4-5,7,9H,1-3,6H2. The largest absolute Gasteiger partial charge is 0.337 e. The Balaban J connectivity index is 2.08. The van der Waals surface area contributed by atoms with Crippen LogP contribution in [0.2, 0.25) is 0 Å². The van der Waals surface area contributed by atoms with Crippen molar-refractivity contribution in [3.05, 3.63) is 24.3 Å². The van der Waals surface area contributed by atoms with Gasteiger partial charge in [-0.25, -0.2) is 9.97 Å². The number of piperidine rings is 1. The van der Waals surface area contributed by atoms with E-state index in [9.17, 15) is 4.79 Å². The highest BCUT2D eigenvalue weighted by atomic mass is 79.9. The van der Waals surface area contributed by atoms with Crippen molar-refractivity contribution in [2.75, 3.05) is 13.1 Å². The summed E-state index contributed by atoms with van der Waals surface area (Å²) in [6.07, 6.45) is 6.74. The molecule has 80 valence electrons. The highest BCUT2D eigenvalue weighted by Gasteiger charge is 2.22. The summed E-state index contributed by atoms with van der Waals surface area (Å²) in [5.74, 6) is 0.0275. The van der Waals surface area contributed by atoms with Crippen LogP contribution in [0.15, 0.2) is 18.7 Å². The van der Waals surface area contributed by atoms with Gasteiger partial charge in [0.2, 0.25) is 0 Å². The number of amides is 1. The number of carbonyl (C=O) groups excluding carboxylic acids is 1. The van der Waals surface area contributed by atoms with Crippen molar-refractivity contribution in [2.24, 2.45) is 0 Å². The Hall–Kier alpha value is -0.970. The molecule has 0 saturated carbocycles. The lowest BCUT2D eigenvalue weighted by molar-refractivity contribution is 0.0729.